The van der Waals surface area contributed by atoms with Crippen molar-refractivity contribution in [1.29, 1.82) is 5.26 Å². The molecule has 0 radical (unpaired) electrons. The van der Waals surface area contributed by atoms with Crippen molar-refractivity contribution in [2.75, 3.05) is 0 Å². The van der Waals surface area contributed by atoms with Gasteiger partial charge in [-0.3, -0.25) is 0 Å². The number of nitrogens with zero attached hydrogens (tertiary/aromatic N) is 4. The molecule has 1 aromatic heterocycles. The third-order valence-corrected chi connectivity index (χ3v) is 4.32. The Kier molecular flexibility index (Phi) is 5.73. The van der Waals surface area contributed by atoms with Crippen LogP contribution in [0.15, 0.2) is 55.1 Å². The molecule has 0 aliphatic heterocycles. The van der Waals surface area contributed by atoms with Crippen LogP contribution in [0, 0.1) is 11.3 Å². The molecule has 0 aliphatic rings. The van der Waals surface area contributed by atoms with Gasteiger partial charge in [0, 0.05) is 10.0 Å². The second kappa shape index (κ2) is 8.05. The minimum atomic E-state index is -4.54. The number of alkyl halides is 3. The van der Waals surface area contributed by atoms with E-state index in [1.165, 1.54) is 47.7 Å². The molecule has 3 rings (SSSR count). The van der Waals surface area contributed by atoms with Crippen molar-refractivity contribution < 1.29 is 13.2 Å². The van der Waals surface area contributed by atoms with Crippen LogP contribution < -0.4 is 0 Å². The number of nitriles is 1. The van der Waals surface area contributed by atoms with Crippen LogP contribution in [0.3, 0.4) is 0 Å². The number of hydrogen-bond acceptors (Lipinski definition) is 3. The summed E-state index contributed by atoms with van der Waals surface area (Å²) in [5.74, 6) is -1.89. The van der Waals surface area contributed by atoms with E-state index in [0.717, 1.165) is 6.08 Å². The SMILES string of the molecule is N#Cc1ccc(C=CC(c2cc(Cl)cc(Cl)c2)C(F)(F)F)cc1-n1cncn1. The second-order valence-corrected chi connectivity index (χ2v) is 6.68. The van der Waals surface area contributed by atoms with Gasteiger partial charge in [0.25, 0.3) is 0 Å². The number of allylic oxidation sites excluding steroid dienone is 1. The monoisotopic (exact) mass is 422 g/mol. The molecule has 1 unspecified atom stereocenters. The van der Waals surface area contributed by atoms with Gasteiger partial charge in [0.2, 0.25) is 0 Å². The summed E-state index contributed by atoms with van der Waals surface area (Å²) >= 11 is 11.7. The van der Waals surface area contributed by atoms with E-state index in [-0.39, 0.29) is 15.6 Å². The normalized spacial score (nSPS) is 12.9. The zero-order chi connectivity index (χ0) is 20.3. The maximum absolute atomic E-state index is 13.6. The molecule has 1 atom stereocenters. The number of benzene rings is 2. The van der Waals surface area contributed by atoms with Crippen LogP contribution in [0.1, 0.15) is 22.6 Å². The van der Waals surface area contributed by atoms with Crippen LogP contribution in [0.2, 0.25) is 10.0 Å². The Labute approximate surface area is 168 Å². The van der Waals surface area contributed by atoms with Gasteiger partial charge in [0.05, 0.1) is 17.2 Å². The summed E-state index contributed by atoms with van der Waals surface area (Å²) in [4.78, 5) is 3.82. The Morgan fingerprint density at radius 1 is 1.11 bits per heavy atom. The third-order valence-electron chi connectivity index (χ3n) is 3.89. The van der Waals surface area contributed by atoms with Gasteiger partial charge in [0.15, 0.2) is 0 Å². The summed E-state index contributed by atoms with van der Waals surface area (Å²) in [6, 6.07) is 10.5. The van der Waals surface area contributed by atoms with Crippen molar-refractivity contribution in [3.63, 3.8) is 0 Å². The van der Waals surface area contributed by atoms with Gasteiger partial charge < -0.3 is 0 Å². The fraction of sp³-hybridized carbons (Fsp3) is 0.105. The van der Waals surface area contributed by atoms with Gasteiger partial charge >= 0.3 is 6.18 Å². The van der Waals surface area contributed by atoms with Crippen LogP contribution in [0.25, 0.3) is 11.8 Å². The van der Waals surface area contributed by atoms with E-state index < -0.39 is 12.1 Å². The van der Waals surface area contributed by atoms with Crippen LogP contribution in [-0.2, 0) is 0 Å². The molecule has 1 heterocycles. The summed E-state index contributed by atoms with van der Waals surface area (Å²) in [6.07, 6.45) is 0.511. The Morgan fingerprint density at radius 3 is 2.39 bits per heavy atom. The van der Waals surface area contributed by atoms with Gasteiger partial charge in [-0.25, -0.2) is 9.67 Å². The Morgan fingerprint density at radius 2 is 1.82 bits per heavy atom. The Hall–Kier alpha value is -2.82. The molecule has 0 spiro atoms. The summed E-state index contributed by atoms with van der Waals surface area (Å²) in [5.41, 5.74) is 1.13. The highest BCUT2D eigenvalue weighted by Crippen LogP contribution is 2.38. The fourth-order valence-corrected chi connectivity index (χ4v) is 3.18. The lowest BCUT2D eigenvalue weighted by Crippen LogP contribution is -2.18. The molecule has 0 bridgehead atoms. The molecular formula is C19H11Cl2F3N4. The molecule has 0 N–H and O–H groups in total. The first-order valence-corrected chi connectivity index (χ1v) is 8.63. The predicted molar refractivity (Wildman–Crippen MR) is 100 cm³/mol. The highest BCUT2D eigenvalue weighted by atomic mass is 35.5. The van der Waals surface area contributed by atoms with Gasteiger partial charge in [-0.05, 0) is 41.5 Å². The highest BCUT2D eigenvalue weighted by Gasteiger charge is 2.39. The van der Waals surface area contributed by atoms with Crippen molar-refractivity contribution in [2.24, 2.45) is 0 Å². The molecule has 28 heavy (non-hydrogen) atoms. The van der Waals surface area contributed by atoms with E-state index in [0.29, 0.717) is 16.8 Å². The quantitative estimate of drug-likeness (QED) is 0.533. The molecule has 4 nitrogen and oxygen atoms in total. The zero-order valence-corrected chi connectivity index (χ0v) is 15.5. The highest BCUT2D eigenvalue weighted by molar-refractivity contribution is 6.34. The minimum Gasteiger partial charge on any atom is -0.223 e. The van der Waals surface area contributed by atoms with Crippen LogP contribution in [-0.4, -0.2) is 20.9 Å². The summed E-state index contributed by atoms with van der Waals surface area (Å²) in [7, 11) is 0. The lowest BCUT2D eigenvalue weighted by Gasteiger charge is -2.18. The van der Waals surface area contributed by atoms with E-state index in [1.807, 2.05) is 6.07 Å². The van der Waals surface area contributed by atoms with Gasteiger partial charge in [-0.15, -0.1) is 0 Å². The van der Waals surface area contributed by atoms with Gasteiger partial charge in [-0.2, -0.15) is 23.5 Å². The molecule has 142 valence electrons. The molecule has 0 saturated carbocycles. The smallest absolute Gasteiger partial charge is 0.223 e. The zero-order valence-electron chi connectivity index (χ0n) is 14.0. The first-order valence-electron chi connectivity index (χ1n) is 7.88. The Bertz CT molecular complexity index is 1030. The number of hydrogen-bond donors (Lipinski definition) is 0. The standard InChI is InChI=1S/C19H11Cl2F3N4/c20-15-6-14(7-16(21)8-15)17(19(22,23)24)4-2-12-1-3-13(9-25)18(5-12)28-11-26-10-27-28/h1-8,10-11,17H. The number of aromatic nitrogens is 3. The molecule has 3 aromatic rings. The van der Waals surface area contributed by atoms with Crippen LogP contribution in [0.4, 0.5) is 13.2 Å². The predicted octanol–water partition coefficient (Wildman–Crippen LogP) is 5.81. The van der Waals surface area contributed by atoms with Gasteiger partial charge in [0.1, 0.15) is 18.7 Å². The second-order valence-electron chi connectivity index (χ2n) is 5.81. The van der Waals surface area contributed by atoms with Crippen LogP contribution in [0.5, 0.6) is 0 Å². The maximum Gasteiger partial charge on any atom is 0.399 e. The van der Waals surface area contributed by atoms with Crippen LogP contribution >= 0.6 is 23.2 Å². The fourth-order valence-electron chi connectivity index (χ4n) is 2.64. The van der Waals surface area contributed by atoms with Gasteiger partial charge in [-0.1, -0.05) is 41.4 Å². The van der Waals surface area contributed by atoms with E-state index in [2.05, 4.69) is 10.1 Å². The number of rotatable bonds is 4. The lowest BCUT2D eigenvalue weighted by atomic mass is 9.97. The maximum atomic E-state index is 13.6. The van der Waals surface area contributed by atoms with E-state index in [1.54, 1.807) is 12.1 Å². The minimum absolute atomic E-state index is 0.0635. The summed E-state index contributed by atoms with van der Waals surface area (Å²) in [6.45, 7) is 0. The van der Waals surface area contributed by atoms with Crippen molar-refractivity contribution in [1.82, 2.24) is 14.8 Å². The molecule has 0 amide bonds. The lowest BCUT2D eigenvalue weighted by molar-refractivity contribution is -0.139. The van der Waals surface area contributed by atoms with E-state index in [4.69, 9.17) is 23.2 Å². The topological polar surface area (TPSA) is 54.5 Å². The van der Waals surface area contributed by atoms with E-state index >= 15 is 0 Å². The van der Waals surface area contributed by atoms with Crippen molar-refractivity contribution in [3.8, 4) is 11.8 Å². The molecule has 0 fully saturated rings. The van der Waals surface area contributed by atoms with E-state index in [9.17, 15) is 18.4 Å². The van der Waals surface area contributed by atoms with Crippen molar-refractivity contribution >= 4 is 29.3 Å². The molecular weight excluding hydrogens is 412 g/mol. The molecule has 2 aromatic carbocycles. The average molecular weight is 423 g/mol. The first kappa shape index (κ1) is 19.9. The average Bonchev–Trinajstić information content (AvgIpc) is 3.14. The molecule has 9 heteroatoms. The van der Waals surface area contributed by atoms with Crippen molar-refractivity contribution in [2.45, 2.75) is 12.1 Å². The largest absolute Gasteiger partial charge is 0.399 e. The van der Waals surface area contributed by atoms with Crippen molar-refractivity contribution in [3.05, 3.63) is 81.9 Å². The summed E-state index contributed by atoms with van der Waals surface area (Å²) in [5, 5.41) is 13.4. The third kappa shape index (κ3) is 4.53. The first-order chi connectivity index (χ1) is 13.3. The summed E-state index contributed by atoms with van der Waals surface area (Å²) < 4.78 is 42.1. The molecule has 0 saturated heterocycles. The Balaban J connectivity index is 2.00. The molecule has 0 aliphatic carbocycles. The number of halogens is 5.